The predicted molar refractivity (Wildman–Crippen MR) is 153 cm³/mol. The molecule has 0 heterocycles. The molecule has 2 aromatic carbocycles. The summed E-state index contributed by atoms with van der Waals surface area (Å²) in [7, 11) is 0. The number of urea groups is 1. The van der Waals surface area contributed by atoms with Crippen LogP contribution < -0.4 is 10.6 Å². The van der Waals surface area contributed by atoms with Crippen LogP contribution in [0.25, 0.3) is 0 Å². The fraction of sp³-hybridized carbons (Fsp3) is 0.548. The number of nitrogens with one attached hydrogen (secondary N) is 2. The molecule has 5 nitrogen and oxygen atoms in total. The second kappa shape index (κ2) is 16.8. The first kappa shape index (κ1) is 29.4. The van der Waals surface area contributed by atoms with E-state index in [2.05, 4.69) is 68.6 Å². The third-order valence-electron chi connectivity index (χ3n) is 6.40. The maximum atomic E-state index is 12.9. The van der Waals surface area contributed by atoms with E-state index in [0.29, 0.717) is 24.2 Å². The number of benzene rings is 2. The molecule has 0 saturated carbocycles. The molecule has 0 aliphatic heterocycles. The van der Waals surface area contributed by atoms with Gasteiger partial charge in [0.15, 0.2) is 0 Å². The van der Waals surface area contributed by atoms with Crippen LogP contribution in [0.1, 0.15) is 115 Å². The van der Waals surface area contributed by atoms with Crippen molar-refractivity contribution in [3.8, 4) is 0 Å². The first-order chi connectivity index (χ1) is 17.4. The van der Waals surface area contributed by atoms with Gasteiger partial charge in [-0.1, -0.05) is 127 Å². The molecule has 0 spiro atoms. The van der Waals surface area contributed by atoms with Gasteiger partial charge in [0.2, 0.25) is 0 Å². The average molecular weight is 494 g/mol. The van der Waals surface area contributed by atoms with Crippen LogP contribution >= 0.6 is 0 Å². The summed E-state index contributed by atoms with van der Waals surface area (Å²) < 4.78 is 0. The van der Waals surface area contributed by atoms with Crippen LogP contribution in [0.4, 0.5) is 10.5 Å². The average Bonchev–Trinajstić information content (AvgIpc) is 2.87. The van der Waals surface area contributed by atoms with Gasteiger partial charge in [0.05, 0.1) is 6.54 Å². The normalized spacial score (nSPS) is 11.7. The van der Waals surface area contributed by atoms with Crippen molar-refractivity contribution >= 4 is 17.4 Å². The van der Waals surface area contributed by atoms with E-state index in [1.54, 1.807) is 0 Å². The maximum absolute atomic E-state index is 12.9. The molecule has 0 bridgehead atoms. The molecule has 0 aromatic heterocycles. The highest BCUT2D eigenvalue weighted by Crippen LogP contribution is 2.32. The molecule has 2 aromatic rings. The van der Waals surface area contributed by atoms with Gasteiger partial charge in [0.25, 0.3) is 0 Å². The highest BCUT2D eigenvalue weighted by molar-refractivity contribution is 6.04. The second-order valence-electron chi connectivity index (χ2n) is 10.1. The van der Waals surface area contributed by atoms with Crippen LogP contribution in [-0.4, -0.2) is 24.9 Å². The Bertz CT molecular complexity index is 896. The van der Waals surface area contributed by atoms with Gasteiger partial charge < -0.3 is 15.5 Å². The lowest BCUT2D eigenvalue weighted by Crippen LogP contribution is -2.34. The molecule has 2 rings (SSSR count). The molecule has 198 valence electrons. The molecule has 0 unspecified atom stereocenters. The number of hydrogen-bond donors (Lipinski definition) is 2. The largest absolute Gasteiger partial charge is 0.396 e. The molecular formula is C31H47N3O2. The van der Waals surface area contributed by atoms with E-state index in [-0.39, 0.29) is 12.6 Å². The first-order valence-corrected chi connectivity index (χ1v) is 13.9. The Hall–Kier alpha value is -2.82. The van der Waals surface area contributed by atoms with E-state index in [0.717, 1.165) is 35.2 Å². The van der Waals surface area contributed by atoms with Crippen LogP contribution in [0.2, 0.25) is 0 Å². The van der Waals surface area contributed by atoms with Crippen LogP contribution in [0.5, 0.6) is 0 Å². The smallest absolute Gasteiger partial charge is 0.319 e. The number of unbranched alkanes of at least 4 members (excludes halogenated alkanes) is 7. The summed E-state index contributed by atoms with van der Waals surface area (Å²) in [6, 6.07) is 15.9. The lowest BCUT2D eigenvalue weighted by atomic mass is 9.93. The summed E-state index contributed by atoms with van der Waals surface area (Å²) in [5.74, 6) is 0.621. The minimum absolute atomic E-state index is 0.239. The van der Waals surface area contributed by atoms with Crippen LogP contribution in [-0.2, 0) is 4.84 Å². The topological polar surface area (TPSA) is 62.7 Å². The molecule has 0 aliphatic carbocycles. The molecule has 0 saturated heterocycles. The fourth-order valence-corrected chi connectivity index (χ4v) is 4.26. The first-order valence-electron chi connectivity index (χ1n) is 13.9. The molecule has 36 heavy (non-hydrogen) atoms. The summed E-state index contributed by atoms with van der Waals surface area (Å²) in [6.45, 7) is 11.7. The van der Waals surface area contributed by atoms with Crippen molar-refractivity contribution < 1.29 is 9.63 Å². The SMILES string of the molecule is CCCCCCCCCCON=C(CNC(=O)Nc1c(C(C)C)cccc1C(C)C)c1ccccc1. The zero-order valence-electron chi connectivity index (χ0n) is 23.1. The molecule has 0 radical (unpaired) electrons. The number of rotatable bonds is 16. The number of nitrogens with zero attached hydrogens (tertiary/aromatic N) is 1. The van der Waals surface area contributed by atoms with E-state index in [1.807, 2.05) is 30.3 Å². The van der Waals surface area contributed by atoms with Gasteiger partial charge in [0.1, 0.15) is 12.3 Å². The van der Waals surface area contributed by atoms with Crippen molar-refractivity contribution in [3.63, 3.8) is 0 Å². The second-order valence-corrected chi connectivity index (χ2v) is 10.1. The highest BCUT2D eigenvalue weighted by atomic mass is 16.6. The molecular weight excluding hydrogens is 446 g/mol. The zero-order valence-corrected chi connectivity index (χ0v) is 23.1. The van der Waals surface area contributed by atoms with Crippen LogP contribution in [0.3, 0.4) is 0 Å². The van der Waals surface area contributed by atoms with Gasteiger partial charge in [-0.05, 0) is 35.8 Å². The van der Waals surface area contributed by atoms with Crippen molar-refractivity contribution in [1.29, 1.82) is 0 Å². The maximum Gasteiger partial charge on any atom is 0.319 e. The number of hydrogen-bond acceptors (Lipinski definition) is 3. The highest BCUT2D eigenvalue weighted by Gasteiger charge is 2.16. The summed E-state index contributed by atoms with van der Waals surface area (Å²) in [4.78, 5) is 18.6. The molecule has 0 fully saturated rings. The molecule has 0 atom stereocenters. The van der Waals surface area contributed by atoms with Gasteiger partial charge in [0, 0.05) is 11.3 Å². The Morgan fingerprint density at radius 1 is 0.806 bits per heavy atom. The summed E-state index contributed by atoms with van der Waals surface area (Å²) in [5, 5.41) is 10.5. The summed E-state index contributed by atoms with van der Waals surface area (Å²) >= 11 is 0. The van der Waals surface area contributed by atoms with E-state index < -0.39 is 0 Å². The minimum atomic E-state index is -0.239. The Morgan fingerprint density at radius 2 is 1.39 bits per heavy atom. The lowest BCUT2D eigenvalue weighted by molar-refractivity contribution is 0.139. The van der Waals surface area contributed by atoms with Gasteiger partial charge in [-0.2, -0.15) is 0 Å². The Labute approximate surface area is 219 Å². The number of carbonyl (C=O) groups excluding carboxylic acids is 1. The summed E-state index contributed by atoms with van der Waals surface area (Å²) in [5.41, 5.74) is 4.85. The lowest BCUT2D eigenvalue weighted by Gasteiger charge is -2.20. The summed E-state index contributed by atoms with van der Waals surface area (Å²) in [6.07, 6.45) is 10.0. The Balaban J connectivity index is 1.93. The number of carbonyl (C=O) groups is 1. The van der Waals surface area contributed by atoms with Crippen LogP contribution in [0, 0.1) is 0 Å². The number of amides is 2. The monoisotopic (exact) mass is 493 g/mol. The van der Waals surface area contributed by atoms with E-state index in [1.165, 1.54) is 38.5 Å². The zero-order chi connectivity index (χ0) is 26.2. The Kier molecular flexibility index (Phi) is 13.7. The Morgan fingerprint density at radius 3 is 1.97 bits per heavy atom. The van der Waals surface area contributed by atoms with Crippen molar-refractivity contribution in [2.45, 2.75) is 97.8 Å². The van der Waals surface area contributed by atoms with Crippen molar-refractivity contribution in [2.75, 3.05) is 18.5 Å². The molecule has 0 aliphatic rings. The predicted octanol–water partition coefficient (Wildman–Crippen LogP) is 8.62. The molecule has 2 amide bonds. The van der Waals surface area contributed by atoms with Crippen molar-refractivity contribution in [1.82, 2.24) is 5.32 Å². The molecule has 5 heteroatoms. The van der Waals surface area contributed by atoms with Crippen LogP contribution in [0.15, 0.2) is 53.7 Å². The van der Waals surface area contributed by atoms with E-state index >= 15 is 0 Å². The minimum Gasteiger partial charge on any atom is -0.396 e. The number of para-hydroxylation sites is 1. The number of oxime groups is 1. The third kappa shape index (κ3) is 10.4. The third-order valence-corrected chi connectivity index (χ3v) is 6.40. The standard InChI is InChI=1S/C31H47N3O2/c1-6-7-8-9-10-11-12-16-22-36-34-29(26-18-14-13-15-19-26)23-32-31(35)33-30-27(24(2)3)20-17-21-28(30)25(4)5/h13-15,17-21,24-25H,6-12,16,22-23H2,1-5H3,(H2,32,33,35). The fourth-order valence-electron chi connectivity index (χ4n) is 4.26. The van der Waals surface area contributed by atoms with Crippen molar-refractivity contribution in [2.24, 2.45) is 5.16 Å². The number of anilines is 1. The van der Waals surface area contributed by atoms with Gasteiger partial charge in [-0.25, -0.2) is 4.79 Å². The van der Waals surface area contributed by atoms with Crippen molar-refractivity contribution in [3.05, 3.63) is 65.2 Å². The van der Waals surface area contributed by atoms with Gasteiger partial charge in [-0.15, -0.1) is 0 Å². The quantitative estimate of drug-likeness (QED) is 0.140. The van der Waals surface area contributed by atoms with E-state index in [9.17, 15) is 4.79 Å². The van der Waals surface area contributed by atoms with E-state index in [4.69, 9.17) is 4.84 Å². The molecule has 2 N–H and O–H groups in total. The van der Waals surface area contributed by atoms with Gasteiger partial charge >= 0.3 is 6.03 Å². The van der Waals surface area contributed by atoms with Gasteiger partial charge in [-0.3, -0.25) is 0 Å².